The van der Waals surface area contributed by atoms with Crippen LogP contribution in [-0.4, -0.2) is 43.8 Å². The summed E-state index contributed by atoms with van der Waals surface area (Å²) in [5.41, 5.74) is 7.54. The first-order valence-electron chi connectivity index (χ1n) is 9.78. The second-order valence-electron chi connectivity index (χ2n) is 7.61. The molecule has 1 aliphatic rings. The largest absolute Gasteiger partial charge is 0.349 e. The van der Waals surface area contributed by atoms with Gasteiger partial charge in [-0.15, -0.1) is 12.4 Å². The zero-order valence-electron chi connectivity index (χ0n) is 17.3. The Kier molecular flexibility index (Phi) is 8.93. The smallest absolute Gasteiger partial charge is 0.243 e. The van der Waals surface area contributed by atoms with Gasteiger partial charge in [-0.05, 0) is 62.8 Å². The molecule has 0 atom stereocenters. The van der Waals surface area contributed by atoms with Gasteiger partial charge < -0.3 is 11.1 Å². The fraction of sp³-hybridized carbons (Fsp3) is 0.650. The van der Waals surface area contributed by atoms with Crippen LogP contribution in [0.5, 0.6) is 0 Å². The molecule has 1 heterocycles. The van der Waals surface area contributed by atoms with E-state index in [1.54, 1.807) is 12.1 Å². The molecule has 1 fully saturated rings. The van der Waals surface area contributed by atoms with Crippen molar-refractivity contribution in [2.75, 3.05) is 19.6 Å². The highest BCUT2D eigenvalue weighted by Gasteiger charge is 2.35. The van der Waals surface area contributed by atoms with Gasteiger partial charge in [0.25, 0.3) is 0 Å². The van der Waals surface area contributed by atoms with Gasteiger partial charge in [0.15, 0.2) is 0 Å². The number of amides is 1. The highest BCUT2D eigenvalue weighted by Crippen LogP contribution is 2.26. The van der Waals surface area contributed by atoms with Gasteiger partial charge in [0.05, 0.1) is 10.4 Å². The zero-order valence-corrected chi connectivity index (χ0v) is 19.0. The summed E-state index contributed by atoms with van der Waals surface area (Å²) in [4.78, 5) is 13.0. The lowest BCUT2D eigenvalue weighted by atomic mass is 9.90. The van der Waals surface area contributed by atoms with Crippen LogP contribution in [0.4, 0.5) is 0 Å². The van der Waals surface area contributed by atoms with Crippen LogP contribution >= 0.6 is 12.4 Å². The third-order valence-corrected chi connectivity index (χ3v) is 7.97. The van der Waals surface area contributed by atoms with E-state index in [1.165, 1.54) is 4.31 Å². The molecule has 0 bridgehead atoms. The molecule has 1 aliphatic heterocycles. The van der Waals surface area contributed by atoms with Crippen LogP contribution < -0.4 is 11.1 Å². The number of hydrogen-bond donors (Lipinski definition) is 2. The number of rotatable bonds is 7. The van der Waals surface area contributed by atoms with E-state index in [2.05, 4.69) is 5.32 Å². The van der Waals surface area contributed by atoms with Crippen molar-refractivity contribution in [2.24, 2.45) is 11.7 Å². The highest BCUT2D eigenvalue weighted by molar-refractivity contribution is 7.89. The minimum atomic E-state index is -3.52. The SMILES string of the molecule is CCC(CC)(CN)NC(=O)C1CCN(S(=O)(=O)c2ccc(C)c(C)c2)CC1.Cl. The summed E-state index contributed by atoms with van der Waals surface area (Å²) in [7, 11) is -3.52. The Hall–Kier alpha value is -1.15. The molecule has 6 nitrogen and oxygen atoms in total. The lowest BCUT2D eigenvalue weighted by Crippen LogP contribution is -2.55. The van der Waals surface area contributed by atoms with Crippen molar-refractivity contribution in [1.29, 1.82) is 0 Å². The fourth-order valence-corrected chi connectivity index (χ4v) is 5.07. The molecule has 0 saturated carbocycles. The van der Waals surface area contributed by atoms with Crippen LogP contribution in [0.15, 0.2) is 23.1 Å². The number of benzene rings is 1. The summed E-state index contributed by atoms with van der Waals surface area (Å²) >= 11 is 0. The van der Waals surface area contributed by atoms with E-state index < -0.39 is 10.0 Å². The number of halogens is 1. The average molecular weight is 432 g/mol. The van der Waals surface area contributed by atoms with Gasteiger partial charge in [0.1, 0.15) is 0 Å². The maximum Gasteiger partial charge on any atom is 0.243 e. The summed E-state index contributed by atoms with van der Waals surface area (Å²) in [6.45, 7) is 9.05. The van der Waals surface area contributed by atoms with Crippen LogP contribution in [0.2, 0.25) is 0 Å². The average Bonchev–Trinajstić information content (AvgIpc) is 2.68. The monoisotopic (exact) mass is 431 g/mol. The maximum absolute atomic E-state index is 12.9. The van der Waals surface area contributed by atoms with Gasteiger partial charge in [0.2, 0.25) is 15.9 Å². The predicted molar refractivity (Wildman–Crippen MR) is 115 cm³/mol. The molecule has 0 radical (unpaired) electrons. The maximum atomic E-state index is 12.9. The molecule has 28 heavy (non-hydrogen) atoms. The molecule has 8 heteroatoms. The molecule has 0 aromatic heterocycles. The standard InChI is InChI=1S/C20H33N3O3S.ClH/c1-5-20(6-2,14-21)22-19(24)17-9-11-23(12-10-17)27(25,26)18-8-7-15(3)16(4)13-18;/h7-8,13,17H,5-6,9-12,14,21H2,1-4H3,(H,22,24);1H. The lowest BCUT2D eigenvalue weighted by molar-refractivity contribution is -0.128. The van der Waals surface area contributed by atoms with Crippen molar-refractivity contribution in [3.05, 3.63) is 29.3 Å². The third kappa shape index (κ3) is 5.26. The molecule has 1 aromatic rings. The predicted octanol–water partition coefficient (Wildman–Crippen LogP) is 2.76. The molecule has 0 aliphatic carbocycles. The summed E-state index contributed by atoms with van der Waals surface area (Å²) in [5, 5.41) is 3.12. The van der Waals surface area contributed by atoms with Crippen molar-refractivity contribution in [1.82, 2.24) is 9.62 Å². The first-order chi connectivity index (χ1) is 12.7. The third-order valence-electron chi connectivity index (χ3n) is 6.07. The summed E-state index contributed by atoms with van der Waals surface area (Å²) < 4.78 is 27.3. The molecule has 1 aromatic carbocycles. The van der Waals surface area contributed by atoms with Gasteiger partial charge in [-0.2, -0.15) is 4.31 Å². The summed E-state index contributed by atoms with van der Waals surface area (Å²) in [6, 6.07) is 5.22. The van der Waals surface area contributed by atoms with Crippen LogP contribution in [0.1, 0.15) is 50.7 Å². The van der Waals surface area contributed by atoms with Crippen molar-refractivity contribution >= 4 is 28.3 Å². The number of hydrogen-bond acceptors (Lipinski definition) is 4. The number of sulfonamides is 1. The molecular formula is C20H34ClN3O3S. The number of aryl methyl sites for hydroxylation is 2. The number of piperidine rings is 1. The summed E-state index contributed by atoms with van der Waals surface area (Å²) in [5.74, 6) is -0.174. The number of carbonyl (C=O) groups is 1. The van der Waals surface area contributed by atoms with E-state index in [0.717, 1.165) is 24.0 Å². The Morgan fingerprint density at radius 2 is 1.75 bits per heavy atom. The molecular weight excluding hydrogens is 398 g/mol. The van der Waals surface area contributed by atoms with E-state index in [-0.39, 0.29) is 29.8 Å². The highest BCUT2D eigenvalue weighted by atomic mass is 35.5. The fourth-order valence-electron chi connectivity index (χ4n) is 3.51. The molecule has 1 saturated heterocycles. The Balaban J connectivity index is 0.00000392. The van der Waals surface area contributed by atoms with E-state index in [1.807, 2.05) is 33.8 Å². The van der Waals surface area contributed by atoms with Crippen molar-refractivity contribution < 1.29 is 13.2 Å². The summed E-state index contributed by atoms with van der Waals surface area (Å²) in [6.07, 6.45) is 2.63. The van der Waals surface area contributed by atoms with Gasteiger partial charge in [-0.1, -0.05) is 19.9 Å². The van der Waals surface area contributed by atoms with E-state index >= 15 is 0 Å². The minimum Gasteiger partial charge on any atom is -0.349 e. The Morgan fingerprint density at radius 3 is 2.21 bits per heavy atom. The van der Waals surface area contributed by atoms with Gasteiger partial charge in [-0.25, -0.2) is 8.42 Å². The second kappa shape index (κ2) is 10.1. The first kappa shape index (κ1) is 24.9. The molecule has 1 amide bonds. The van der Waals surface area contributed by atoms with Crippen LogP contribution in [-0.2, 0) is 14.8 Å². The van der Waals surface area contributed by atoms with Gasteiger partial charge in [-0.3, -0.25) is 4.79 Å². The van der Waals surface area contributed by atoms with Gasteiger partial charge in [0, 0.05) is 25.6 Å². The second-order valence-corrected chi connectivity index (χ2v) is 9.54. The number of nitrogens with one attached hydrogen (secondary N) is 1. The van der Waals surface area contributed by atoms with Crippen molar-refractivity contribution in [2.45, 2.75) is 63.8 Å². The number of nitrogens with zero attached hydrogens (tertiary/aromatic N) is 1. The van der Waals surface area contributed by atoms with E-state index in [9.17, 15) is 13.2 Å². The molecule has 2 rings (SSSR count). The van der Waals surface area contributed by atoms with E-state index in [0.29, 0.717) is 37.4 Å². The first-order valence-corrected chi connectivity index (χ1v) is 11.2. The topological polar surface area (TPSA) is 92.5 Å². The minimum absolute atomic E-state index is 0. The van der Waals surface area contributed by atoms with Crippen LogP contribution in [0.25, 0.3) is 0 Å². The lowest BCUT2D eigenvalue weighted by Gasteiger charge is -2.35. The van der Waals surface area contributed by atoms with Crippen LogP contribution in [0.3, 0.4) is 0 Å². The Bertz CT molecular complexity index is 763. The Morgan fingerprint density at radius 1 is 1.18 bits per heavy atom. The number of carbonyl (C=O) groups excluding carboxylic acids is 1. The molecule has 160 valence electrons. The molecule has 0 unspecified atom stereocenters. The Labute approximate surface area is 175 Å². The van der Waals surface area contributed by atoms with Crippen molar-refractivity contribution in [3.8, 4) is 0 Å². The number of nitrogens with two attached hydrogens (primary N) is 1. The normalized spacial score (nSPS) is 16.5. The van der Waals surface area contributed by atoms with Gasteiger partial charge >= 0.3 is 0 Å². The van der Waals surface area contributed by atoms with Crippen molar-refractivity contribution in [3.63, 3.8) is 0 Å². The van der Waals surface area contributed by atoms with E-state index in [4.69, 9.17) is 5.73 Å². The van der Waals surface area contributed by atoms with Crippen LogP contribution in [0, 0.1) is 19.8 Å². The quantitative estimate of drug-likeness (QED) is 0.694. The molecule has 3 N–H and O–H groups in total. The zero-order chi connectivity index (χ0) is 20.2. The molecule has 0 spiro atoms.